The van der Waals surface area contributed by atoms with Gasteiger partial charge in [-0.2, -0.15) is 18.2 Å². The summed E-state index contributed by atoms with van der Waals surface area (Å²) < 4.78 is 45.5. The third-order valence-electron chi connectivity index (χ3n) is 6.53. The molecule has 5 rings (SSSR count). The summed E-state index contributed by atoms with van der Waals surface area (Å²) in [6.07, 6.45) is 0.163. The molecule has 2 aliphatic heterocycles. The van der Waals surface area contributed by atoms with Crippen molar-refractivity contribution in [3.63, 3.8) is 0 Å². The van der Waals surface area contributed by atoms with Crippen LogP contribution in [0.3, 0.4) is 0 Å². The van der Waals surface area contributed by atoms with E-state index in [4.69, 9.17) is 20.4 Å². The highest BCUT2D eigenvalue weighted by Crippen LogP contribution is 2.35. The zero-order chi connectivity index (χ0) is 23.9. The molecular formula is C24H27F3N6O. The van der Waals surface area contributed by atoms with Crippen LogP contribution in [-0.2, 0) is 10.9 Å². The molecule has 34 heavy (non-hydrogen) atoms. The van der Waals surface area contributed by atoms with Gasteiger partial charge in [-0.15, -0.1) is 0 Å². The average Bonchev–Trinajstić information content (AvgIpc) is 2.77. The minimum Gasteiger partial charge on any atom is -0.399 e. The number of nitrogens with two attached hydrogens (primary N) is 1. The zero-order valence-corrected chi connectivity index (χ0v) is 18.9. The van der Waals surface area contributed by atoms with Crippen LogP contribution in [0.2, 0.25) is 0 Å². The Bertz CT molecular complexity index is 1190. The number of halogens is 3. The lowest BCUT2D eigenvalue weighted by Gasteiger charge is -2.31. The summed E-state index contributed by atoms with van der Waals surface area (Å²) in [4.78, 5) is 16.2. The summed E-state index contributed by atoms with van der Waals surface area (Å²) >= 11 is 0. The van der Waals surface area contributed by atoms with Crippen LogP contribution in [0.5, 0.6) is 0 Å². The number of alkyl halides is 3. The monoisotopic (exact) mass is 472 g/mol. The molecular weight excluding hydrogens is 445 g/mol. The van der Waals surface area contributed by atoms with Crippen molar-refractivity contribution < 1.29 is 17.9 Å². The highest BCUT2D eigenvalue weighted by Gasteiger charge is 2.31. The lowest BCUT2D eigenvalue weighted by molar-refractivity contribution is -0.137. The van der Waals surface area contributed by atoms with Crippen molar-refractivity contribution >= 4 is 28.4 Å². The quantitative estimate of drug-likeness (QED) is 0.511. The van der Waals surface area contributed by atoms with Gasteiger partial charge in [-0.1, -0.05) is 0 Å². The molecule has 3 N–H and O–H groups in total. The molecule has 180 valence electrons. The van der Waals surface area contributed by atoms with Crippen LogP contribution < -0.4 is 16.0 Å². The molecule has 3 aromatic rings. The summed E-state index contributed by atoms with van der Waals surface area (Å²) in [5.74, 6) is 1.46. The molecule has 1 atom stereocenters. The van der Waals surface area contributed by atoms with E-state index in [0.717, 1.165) is 55.6 Å². The molecule has 0 radical (unpaired) electrons. The maximum atomic E-state index is 13.3. The first kappa shape index (κ1) is 22.6. The largest absolute Gasteiger partial charge is 0.416 e. The molecule has 1 aromatic carbocycles. The fourth-order valence-electron chi connectivity index (χ4n) is 4.40. The number of hydrogen-bond donors (Lipinski definition) is 2. The van der Waals surface area contributed by atoms with E-state index in [1.807, 2.05) is 6.07 Å². The van der Waals surface area contributed by atoms with Gasteiger partial charge in [0.25, 0.3) is 0 Å². The Kier molecular flexibility index (Phi) is 5.93. The summed E-state index contributed by atoms with van der Waals surface area (Å²) in [5, 5.41) is 4.13. The fourth-order valence-corrected chi connectivity index (χ4v) is 4.40. The Labute approximate surface area is 195 Å². The third kappa shape index (κ3) is 4.59. The van der Waals surface area contributed by atoms with Crippen molar-refractivity contribution in [1.82, 2.24) is 15.0 Å². The van der Waals surface area contributed by atoms with Crippen molar-refractivity contribution in [2.45, 2.75) is 44.3 Å². The Balaban J connectivity index is 1.53. The van der Waals surface area contributed by atoms with Gasteiger partial charge in [0, 0.05) is 49.0 Å². The first-order valence-corrected chi connectivity index (χ1v) is 11.5. The third-order valence-corrected chi connectivity index (χ3v) is 6.53. The molecule has 2 saturated heterocycles. The highest BCUT2D eigenvalue weighted by molar-refractivity contribution is 5.90. The van der Waals surface area contributed by atoms with E-state index in [1.165, 1.54) is 0 Å². The van der Waals surface area contributed by atoms with E-state index >= 15 is 0 Å². The maximum Gasteiger partial charge on any atom is 0.416 e. The minimum absolute atomic E-state index is 0.0679. The molecule has 1 unspecified atom stereocenters. The van der Waals surface area contributed by atoms with Gasteiger partial charge in [-0.3, -0.25) is 4.98 Å². The number of ether oxygens (including phenoxy) is 1. The van der Waals surface area contributed by atoms with Gasteiger partial charge >= 0.3 is 6.18 Å². The Morgan fingerprint density at radius 2 is 1.88 bits per heavy atom. The van der Waals surface area contributed by atoms with Gasteiger partial charge in [0.05, 0.1) is 23.3 Å². The number of pyridine rings is 1. The van der Waals surface area contributed by atoms with Gasteiger partial charge in [0.2, 0.25) is 5.95 Å². The normalized spacial score (nSPS) is 18.1. The van der Waals surface area contributed by atoms with Crippen LogP contribution in [0.1, 0.15) is 55.0 Å². The van der Waals surface area contributed by atoms with Gasteiger partial charge in [0.15, 0.2) is 0 Å². The van der Waals surface area contributed by atoms with Crippen LogP contribution in [0, 0.1) is 0 Å². The number of hydrogen-bond acceptors (Lipinski definition) is 7. The van der Waals surface area contributed by atoms with Crippen LogP contribution in [-0.4, -0.2) is 41.3 Å². The average molecular weight is 473 g/mol. The Morgan fingerprint density at radius 3 is 2.56 bits per heavy atom. The van der Waals surface area contributed by atoms with E-state index in [1.54, 1.807) is 19.2 Å². The molecule has 0 aliphatic carbocycles. The van der Waals surface area contributed by atoms with Gasteiger partial charge in [-0.25, -0.2) is 4.98 Å². The number of benzene rings is 1. The molecule has 2 aromatic heterocycles. The number of nitrogens with zero attached hydrogens (tertiary/aromatic N) is 4. The van der Waals surface area contributed by atoms with Crippen LogP contribution >= 0.6 is 0 Å². The van der Waals surface area contributed by atoms with Crippen molar-refractivity contribution in [2.75, 3.05) is 42.3 Å². The lowest BCUT2D eigenvalue weighted by Crippen LogP contribution is -2.38. The second kappa shape index (κ2) is 8.90. The first-order valence-electron chi connectivity index (χ1n) is 11.5. The summed E-state index contributed by atoms with van der Waals surface area (Å²) in [7, 11) is 0. The standard InChI is InChI=1S/C24H27F3N6O/c1-14(16-9-17(24(25,26)27)11-18(28)10-16)30-22-19-12-20(15-3-7-34-8-4-15)29-13-21(19)31-23(32-22)33-5-2-6-33/h9-15H,2-8,28H2,1H3,(H,30,31,32). The van der Waals surface area contributed by atoms with Gasteiger partial charge in [-0.05, 0) is 56.0 Å². The second-order valence-corrected chi connectivity index (χ2v) is 8.98. The zero-order valence-electron chi connectivity index (χ0n) is 18.9. The molecule has 2 aliphatic rings. The fraction of sp³-hybridized carbons (Fsp3) is 0.458. The number of anilines is 3. The number of aromatic nitrogens is 3. The number of fused-ring (bicyclic) bond motifs is 1. The highest BCUT2D eigenvalue weighted by atomic mass is 19.4. The van der Waals surface area contributed by atoms with Crippen molar-refractivity contribution in [3.05, 3.63) is 47.3 Å². The number of nitrogen functional groups attached to an aromatic ring is 1. The van der Waals surface area contributed by atoms with Crippen molar-refractivity contribution in [2.24, 2.45) is 0 Å². The van der Waals surface area contributed by atoms with E-state index in [9.17, 15) is 13.2 Å². The Morgan fingerprint density at radius 1 is 1.12 bits per heavy atom. The van der Waals surface area contributed by atoms with Crippen molar-refractivity contribution in [1.29, 1.82) is 0 Å². The predicted molar refractivity (Wildman–Crippen MR) is 125 cm³/mol. The van der Waals surface area contributed by atoms with Crippen LogP contribution in [0.4, 0.5) is 30.6 Å². The SMILES string of the molecule is CC(Nc1nc(N2CCC2)nc2cnc(C3CCOCC3)cc12)c1cc(N)cc(C(F)(F)F)c1. The first-order chi connectivity index (χ1) is 16.3. The topological polar surface area (TPSA) is 89.2 Å². The molecule has 10 heteroatoms. The number of nitrogens with one attached hydrogen (secondary N) is 1. The number of rotatable bonds is 5. The summed E-state index contributed by atoms with van der Waals surface area (Å²) in [6.45, 7) is 4.95. The lowest BCUT2D eigenvalue weighted by atomic mass is 9.95. The molecule has 4 heterocycles. The molecule has 0 saturated carbocycles. The summed E-state index contributed by atoms with van der Waals surface area (Å²) in [6, 6.07) is 5.17. The minimum atomic E-state index is -4.47. The molecule has 0 bridgehead atoms. The van der Waals surface area contributed by atoms with Crippen LogP contribution in [0.15, 0.2) is 30.5 Å². The van der Waals surface area contributed by atoms with E-state index in [0.29, 0.717) is 42.0 Å². The van der Waals surface area contributed by atoms with Crippen molar-refractivity contribution in [3.8, 4) is 0 Å². The Hall–Kier alpha value is -3.14. The van der Waals surface area contributed by atoms with E-state index < -0.39 is 17.8 Å². The van der Waals surface area contributed by atoms with E-state index in [2.05, 4.69) is 15.2 Å². The summed E-state index contributed by atoms with van der Waals surface area (Å²) in [5.41, 5.74) is 7.18. The molecule has 2 fully saturated rings. The smallest absolute Gasteiger partial charge is 0.399 e. The van der Waals surface area contributed by atoms with Crippen LogP contribution in [0.25, 0.3) is 10.9 Å². The van der Waals surface area contributed by atoms with Gasteiger partial charge < -0.3 is 20.7 Å². The van der Waals surface area contributed by atoms with Gasteiger partial charge in [0.1, 0.15) is 5.82 Å². The maximum absolute atomic E-state index is 13.3. The predicted octanol–water partition coefficient (Wildman–Crippen LogP) is 4.90. The molecule has 0 amide bonds. The molecule has 7 nitrogen and oxygen atoms in total. The second-order valence-electron chi connectivity index (χ2n) is 8.98. The van der Waals surface area contributed by atoms with E-state index in [-0.39, 0.29) is 5.69 Å². The molecule has 0 spiro atoms.